The Balaban J connectivity index is 1.46. The fraction of sp³-hybridized carbons (Fsp3) is 0.182. The molecule has 31 heavy (non-hydrogen) atoms. The summed E-state index contributed by atoms with van der Waals surface area (Å²) in [5, 5.41) is 9.94. The molecule has 1 aliphatic rings. The van der Waals surface area contributed by atoms with Gasteiger partial charge in [0.25, 0.3) is 10.0 Å². The van der Waals surface area contributed by atoms with Gasteiger partial charge < -0.3 is 9.51 Å². The minimum absolute atomic E-state index is 0.0612. The zero-order chi connectivity index (χ0) is 21.8. The molecule has 2 N–H and O–H groups in total. The smallest absolute Gasteiger partial charge is 0.325 e. The molecule has 3 atom stereocenters. The van der Waals surface area contributed by atoms with E-state index in [1.807, 2.05) is 65.3 Å². The number of aromatic nitrogens is 2. The second kappa shape index (κ2) is 7.01. The molecule has 1 aromatic carbocycles. The molecule has 9 heteroatoms. The van der Waals surface area contributed by atoms with Gasteiger partial charge in [-0.05, 0) is 35.7 Å². The first kappa shape index (κ1) is 19.9. The van der Waals surface area contributed by atoms with E-state index < -0.39 is 27.4 Å². The number of fused-ring (bicyclic) bond motifs is 1. The summed E-state index contributed by atoms with van der Waals surface area (Å²) in [7, 11) is -4.04. The van der Waals surface area contributed by atoms with E-state index in [1.165, 1.54) is 6.07 Å². The number of hydrogen-bond donors (Lipinski definition) is 2. The van der Waals surface area contributed by atoms with Crippen LogP contribution in [0.2, 0.25) is 0 Å². The highest BCUT2D eigenvalue weighted by Gasteiger charge is 2.70. The number of thiophene rings is 1. The molecule has 0 spiro atoms. The molecular formula is C22H19N3O4S2. The average Bonchev–Trinajstić information content (AvgIpc) is 3.16. The van der Waals surface area contributed by atoms with E-state index in [0.29, 0.717) is 10.6 Å². The number of hydrogen-bond acceptors (Lipinski definition) is 5. The molecule has 3 heterocycles. The van der Waals surface area contributed by atoms with Crippen molar-refractivity contribution in [2.75, 3.05) is 0 Å². The van der Waals surface area contributed by atoms with Crippen LogP contribution in [0.15, 0.2) is 77.3 Å². The maximum atomic E-state index is 13.1. The van der Waals surface area contributed by atoms with Gasteiger partial charge in [-0.25, -0.2) is 13.4 Å². The Hall–Kier alpha value is -3.01. The van der Waals surface area contributed by atoms with Crippen LogP contribution in [0, 0.1) is 5.92 Å². The van der Waals surface area contributed by atoms with Gasteiger partial charge in [-0.15, -0.1) is 11.3 Å². The van der Waals surface area contributed by atoms with Crippen molar-refractivity contribution in [3.05, 3.63) is 78.6 Å². The average molecular weight is 454 g/mol. The number of pyridine rings is 1. The first-order chi connectivity index (χ1) is 14.8. The Morgan fingerprint density at radius 3 is 2.58 bits per heavy atom. The van der Waals surface area contributed by atoms with Gasteiger partial charge in [-0.2, -0.15) is 4.72 Å². The lowest BCUT2D eigenvalue weighted by atomic mass is 10.1. The van der Waals surface area contributed by atoms with E-state index in [0.717, 1.165) is 22.5 Å². The molecule has 4 aromatic rings. The van der Waals surface area contributed by atoms with E-state index in [1.54, 1.807) is 13.0 Å². The molecule has 0 radical (unpaired) electrons. The molecule has 0 amide bonds. The SMILES string of the molecule is CC1[C@@H](c2ccccc2)[C@]1(NS(=O)(=O)c1ccc(-c2cn3ccccc3n2)s1)C(=O)O. The van der Waals surface area contributed by atoms with Crippen molar-refractivity contribution in [2.45, 2.75) is 22.6 Å². The van der Waals surface area contributed by atoms with Crippen LogP contribution in [0.4, 0.5) is 0 Å². The molecule has 3 aromatic heterocycles. The molecular weight excluding hydrogens is 434 g/mol. The summed E-state index contributed by atoms with van der Waals surface area (Å²) < 4.78 is 30.7. The second-order valence-corrected chi connectivity index (χ2v) is 10.7. The number of nitrogens with zero attached hydrogens (tertiary/aromatic N) is 2. The molecule has 0 aliphatic heterocycles. The Morgan fingerprint density at radius 1 is 1.13 bits per heavy atom. The largest absolute Gasteiger partial charge is 0.480 e. The summed E-state index contributed by atoms with van der Waals surface area (Å²) in [5.74, 6) is -1.98. The molecule has 1 saturated carbocycles. The van der Waals surface area contributed by atoms with Crippen molar-refractivity contribution in [3.63, 3.8) is 0 Å². The summed E-state index contributed by atoms with van der Waals surface area (Å²) in [6, 6.07) is 18.0. The molecule has 0 bridgehead atoms. The number of aliphatic carboxylic acids is 1. The maximum Gasteiger partial charge on any atom is 0.325 e. The third kappa shape index (κ3) is 3.16. The minimum Gasteiger partial charge on any atom is -0.480 e. The molecule has 0 saturated heterocycles. The van der Waals surface area contributed by atoms with Crippen molar-refractivity contribution in [2.24, 2.45) is 5.92 Å². The first-order valence-electron chi connectivity index (χ1n) is 9.69. The number of carboxylic acids is 1. The van der Waals surface area contributed by atoms with E-state index in [9.17, 15) is 18.3 Å². The van der Waals surface area contributed by atoms with E-state index in [2.05, 4.69) is 9.71 Å². The predicted octanol–water partition coefficient (Wildman–Crippen LogP) is 3.60. The third-order valence-corrected chi connectivity index (χ3v) is 8.96. The number of sulfonamides is 1. The fourth-order valence-corrected chi connectivity index (χ4v) is 6.95. The second-order valence-electron chi connectivity index (χ2n) is 7.67. The Bertz CT molecular complexity index is 1360. The molecule has 1 fully saturated rings. The van der Waals surface area contributed by atoms with E-state index >= 15 is 0 Å². The summed E-state index contributed by atoms with van der Waals surface area (Å²) in [6.07, 6.45) is 3.70. The van der Waals surface area contributed by atoms with Gasteiger partial charge >= 0.3 is 5.97 Å². The van der Waals surface area contributed by atoms with Crippen molar-refractivity contribution in [1.82, 2.24) is 14.1 Å². The van der Waals surface area contributed by atoms with Gasteiger partial charge in [0.1, 0.15) is 15.4 Å². The highest BCUT2D eigenvalue weighted by atomic mass is 32.2. The normalized spacial score (nSPS) is 23.1. The highest BCUT2D eigenvalue weighted by Crippen LogP contribution is 2.58. The topological polar surface area (TPSA) is 101 Å². The summed E-state index contributed by atoms with van der Waals surface area (Å²) in [5.41, 5.74) is 0.660. The molecule has 7 nitrogen and oxygen atoms in total. The molecule has 1 unspecified atom stereocenters. The Labute approximate surface area is 183 Å². The van der Waals surface area contributed by atoms with Crippen molar-refractivity contribution in [3.8, 4) is 10.6 Å². The van der Waals surface area contributed by atoms with Crippen LogP contribution >= 0.6 is 11.3 Å². The quantitative estimate of drug-likeness (QED) is 0.465. The fourth-order valence-electron chi connectivity index (χ4n) is 4.23. The summed E-state index contributed by atoms with van der Waals surface area (Å²) in [4.78, 5) is 17.4. The van der Waals surface area contributed by atoms with Crippen LogP contribution in [-0.4, -0.2) is 34.4 Å². The number of rotatable bonds is 6. The first-order valence-corrected chi connectivity index (χ1v) is 12.0. The van der Waals surface area contributed by atoms with E-state index in [-0.39, 0.29) is 10.1 Å². The lowest BCUT2D eigenvalue weighted by Crippen LogP contribution is -2.45. The summed E-state index contributed by atoms with van der Waals surface area (Å²) in [6.45, 7) is 1.75. The molecule has 1 aliphatic carbocycles. The maximum absolute atomic E-state index is 13.1. The van der Waals surface area contributed by atoms with Gasteiger partial charge in [0, 0.05) is 18.3 Å². The van der Waals surface area contributed by atoms with Gasteiger partial charge in [0.2, 0.25) is 0 Å². The number of carboxylic acid groups (broad SMARTS) is 1. The highest BCUT2D eigenvalue weighted by molar-refractivity contribution is 7.91. The van der Waals surface area contributed by atoms with Crippen molar-refractivity contribution >= 4 is 33.0 Å². The van der Waals surface area contributed by atoms with Crippen LogP contribution in [0.25, 0.3) is 16.2 Å². The van der Waals surface area contributed by atoms with Crippen LogP contribution in [-0.2, 0) is 14.8 Å². The van der Waals surface area contributed by atoms with Crippen LogP contribution in [0.1, 0.15) is 18.4 Å². The van der Waals surface area contributed by atoms with Crippen LogP contribution in [0.5, 0.6) is 0 Å². The predicted molar refractivity (Wildman–Crippen MR) is 118 cm³/mol. The Kier molecular flexibility index (Phi) is 4.51. The zero-order valence-electron chi connectivity index (χ0n) is 16.5. The Morgan fingerprint density at radius 2 is 1.87 bits per heavy atom. The zero-order valence-corrected chi connectivity index (χ0v) is 18.1. The number of benzene rings is 1. The van der Waals surface area contributed by atoms with E-state index in [4.69, 9.17) is 0 Å². The van der Waals surface area contributed by atoms with Gasteiger partial charge in [-0.3, -0.25) is 4.79 Å². The lowest BCUT2D eigenvalue weighted by molar-refractivity contribution is -0.140. The van der Waals surface area contributed by atoms with Crippen LogP contribution < -0.4 is 4.72 Å². The van der Waals surface area contributed by atoms with Crippen molar-refractivity contribution in [1.29, 1.82) is 0 Å². The minimum atomic E-state index is -4.04. The summed E-state index contributed by atoms with van der Waals surface area (Å²) >= 11 is 1.07. The lowest BCUT2D eigenvalue weighted by Gasteiger charge is -2.15. The van der Waals surface area contributed by atoms with Crippen molar-refractivity contribution < 1.29 is 18.3 Å². The van der Waals surface area contributed by atoms with Crippen LogP contribution in [0.3, 0.4) is 0 Å². The molecule has 5 rings (SSSR count). The van der Waals surface area contributed by atoms with Gasteiger partial charge in [0.15, 0.2) is 0 Å². The third-order valence-electron chi connectivity index (χ3n) is 5.88. The monoisotopic (exact) mass is 453 g/mol. The standard InChI is InChI=1S/C22H19N3O4S2/c1-14-20(15-7-3-2-4-8-15)22(14,21(26)27)24-31(28,29)19-11-10-17(30-19)16-13-25-12-6-5-9-18(25)23-16/h2-14,20,24H,1H3,(H,26,27)/t14?,20-,22-/m0/s1. The number of imidazole rings is 1. The molecule has 158 valence electrons. The van der Waals surface area contributed by atoms with Gasteiger partial charge in [0.05, 0.1) is 10.6 Å². The number of carbonyl (C=O) groups is 1. The van der Waals surface area contributed by atoms with Gasteiger partial charge in [-0.1, -0.05) is 43.3 Å². The number of nitrogens with one attached hydrogen (secondary N) is 1.